The second-order valence-corrected chi connectivity index (χ2v) is 5.78. The van der Waals surface area contributed by atoms with Gasteiger partial charge in [0, 0.05) is 24.4 Å². The molecule has 0 amide bonds. The van der Waals surface area contributed by atoms with Gasteiger partial charge in [0.2, 0.25) is 0 Å². The van der Waals surface area contributed by atoms with Crippen LogP contribution in [0.2, 0.25) is 0 Å². The van der Waals surface area contributed by atoms with Gasteiger partial charge in [0.25, 0.3) is 0 Å². The highest BCUT2D eigenvalue weighted by Gasteiger charge is 2.31. The lowest BCUT2D eigenvalue weighted by molar-refractivity contribution is 0.220. The van der Waals surface area contributed by atoms with Crippen LogP contribution >= 0.6 is 12.6 Å². The zero-order valence-electron chi connectivity index (χ0n) is 11.0. The number of fused-ring (bicyclic) bond motifs is 1. The van der Waals surface area contributed by atoms with E-state index in [9.17, 15) is 0 Å². The topological polar surface area (TPSA) is 41.3 Å². The van der Waals surface area contributed by atoms with Crippen LogP contribution in [0.3, 0.4) is 0 Å². The summed E-state index contributed by atoms with van der Waals surface area (Å²) in [7, 11) is 0. The van der Waals surface area contributed by atoms with Gasteiger partial charge in [-0.3, -0.25) is 0 Å². The number of hydrogen-bond acceptors (Lipinski definition) is 4. The van der Waals surface area contributed by atoms with Gasteiger partial charge in [-0.25, -0.2) is 0 Å². The lowest BCUT2D eigenvalue weighted by Gasteiger charge is -2.37. The minimum atomic E-state index is 0.0943. The van der Waals surface area contributed by atoms with Crippen LogP contribution in [0.25, 0.3) is 0 Å². The van der Waals surface area contributed by atoms with Crippen molar-refractivity contribution in [2.45, 2.75) is 37.2 Å². The number of hydrogen-bond donors (Lipinski definition) is 3. The van der Waals surface area contributed by atoms with Gasteiger partial charge in [-0.2, -0.15) is 0 Å². The van der Waals surface area contributed by atoms with E-state index in [1.54, 1.807) is 0 Å². The number of benzene rings is 1. The number of nitrogens with two attached hydrogens (primary N) is 1. The van der Waals surface area contributed by atoms with Crippen LogP contribution in [-0.2, 0) is 12.8 Å². The van der Waals surface area contributed by atoms with E-state index in [-0.39, 0.29) is 5.50 Å². The SMILES string of the molecule is NCCC1=CNC(S)N1[C@H]1CCc2ccccc2C1. The third-order valence-corrected chi connectivity index (χ3v) is 4.51. The maximum absolute atomic E-state index is 5.70. The lowest BCUT2D eigenvalue weighted by atomic mass is 9.87. The summed E-state index contributed by atoms with van der Waals surface area (Å²) in [5.74, 6) is 0. The first-order valence-electron chi connectivity index (χ1n) is 6.98. The minimum absolute atomic E-state index is 0.0943. The summed E-state index contributed by atoms with van der Waals surface area (Å²) < 4.78 is 0. The monoisotopic (exact) mass is 275 g/mol. The summed E-state index contributed by atoms with van der Waals surface area (Å²) in [5, 5.41) is 3.30. The van der Waals surface area contributed by atoms with E-state index in [1.807, 2.05) is 0 Å². The molecule has 1 aliphatic carbocycles. The fraction of sp³-hybridized carbons (Fsp3) is 0.467. The van der Waals surface area contributed by atoms with Crippen molar-refractivity contribution >= 4 is 12.6 Å². The van der Waals surface area contributed by atoms with Crippen molar-refractivity contribution in [1.29, 1.82) is 0 Å². The number of aryl methyl sites for hydroxylation is 1. The maximum Gasteiger partial charge on any atom is 0.145 e. The van der Waals surface area contributed by atoms with E-state index < -0.39 is 0 Å². The van der Waals surface area contributed by atoms with Gasteiger partial charge >= 0.3 is 0 Å². The molecule has 0 fully saturated rings. The third-order valence-electron chi connectivity index (χ3n) is 4.11. The summed E-state index contributed by atoms with van der Waals surface area (Å²) in [6.45, 7) is 0.688. The fourth-order valence-corrected chi connectivity index (χ4v) is 3.59. The molecular weight excluding hydrogens is 254 g/mol. The van der Waals surface area contributed by atoms with Crippen LogP contribution in [0, 0.1) is 0 Å². The predicted molar refractivity (Wildman–Crippen MR) is 81.8 cm³/mol. The van der Waals surface area contributed by atoms with E-state index in [1.165, 1.54) is 23.2 Å². The third kappa shape index (κ3) is 2.47. The number of nitrogens with one attached hydrogen (secondary N) is 1. The molecule has 0 spiro atoms. The van der Waals surface area contributed by atoms with Gasteiger partial charge in [-0.05, 0) is 36.9 Å². The smallest absolute Gasteiger partial charge is 0.145 e. The quantitative estimate of drug-likeness (QED) is 0.738. The summed E-state index contributed by atoms with van der Waals surface area (Å²) >= 11 is 4.64. The van der Waals surface area contributed by atoms with Crippen LogP contribution in [0.15, 0.2) is 36.2 Å². The van der Waals surface area contributed by atoms with Crippen molar-refractivity contribution < 1.29 is 0 Å². The molecule has 1 aromatic carbocycles. The molecule has 1 heterocycles. The van der Waals surface area contributed by atoms with Crippen LogP contribution in [0.1, 0.15) is 24.0 Å². The maximum atomic E-state index is 5.70. The number of rotatable bonds is 3. The molecule has 3 N–H and O–H groups in total. The molecule has 3 rings (SSSR count). The molecule has 19 heavy (non-hydrogen) atoms. The van der Waals surface area contributed by atoms with Crippen molar-refractivity contribution in [3.63, 3.8) is 0 Å². The standard InChI is InChI=1S/C15H21N3S/c16-8-7-14-10-17-15(19)18(14)13-6-5-11-3-1-2-4-12(11)9-13/h1-4,10,13,15,17,19H,5-9,16H2/t13-,15?/m0/s1. The van der Waals surface area contributed by atoms with Gasteiger partial charge < -0.3 is 16.0 Å². The van der Waals surface area contributed by atoms with Crippen molar-refractivity contribution in [2.75, 3.05) is 6.54 Å². The normalized spacial score (nSPS) is 25.8. The van der Waals surface area contributed by atoms with E-state index in [2.05, 4.69) is 53.3 Å². The first-order chi connectivity index (χ1) is 9.29. The zero-order chi connectivity index (χ0) is 13.2. The highest BCUT2D eigenvalue weighted by Crippen LogP contribution is 2.31. The van der Waals surface area contributed by atoms with E-state index >= 15 is 0 Å². The Kier molecular flexibility index (Phi) is 3.71. The highest BCUT2D eigenvalue weighted by atomic mass is 32.1. The van der Waals surface area contributed by atoms with E-state index in [4.69, 9.17) is 5.73 Å². The Labute approximate surface area is 120 Å². The van der Waals surface area contributed by atoms with Gasteiger partial charge in [0.1, 0.15) is 5.50 Å². The van der Waals surface area contributed by atoms with Crippen molar-refractivity contribution in [3.05, 3.63) is 47.3 Å². The van der Waals surface area contributed by atoms with E-state index in [0.717, 1.165) is 19.3 Å². The average molecular weight is 275 g/mol. The predicted octanol–water partition coefficient (Wildman–Crippen LogP) is 1.85. The summed E-state index contributed by atoms with van der Waals surface area (Å²) in [5.41, 5.74) is 10.1. The van der Waals surface area contributed by atoms with Gasteiger partial charge in [-0.1, -0.05) is 24.3 Å². The van der Waals surface area contributed by atoms with Crippen LogP contribution < -0.4 is 11.1 Å². The molecule has 1 unspecified atom stereocenters. The number of thiol groups is 1. The Morgan fingerprint density at radius 1 is 1.32 bits per heavy atom. The zero-order valence-corrected chi connectivity index (χ0v) is 11.9. The molecular formula is C15H21N3S. The molecule has 2 atom stereocenters. The Morgan fingerprint density at radius 2 is 2.11 bits per heavy atom. The highest BCUT2D eigenvalue weighted by molar-refractivity contribution is 7.80. The molecule has 0 radical (unpaired) electrons. The molecule has 0 aromatic heterocycles. The summed E-state index contributed by atoms with van der Waals surface area (Å²) in [4.78, 5) is 2.41. The fourth-order valence-electron chi connectivity index (χ4n) is 3.18. The molecule has 0 saturated heterocycles. The van der Waals surface area contributed by atoms with Crippen molar-refractivity contribution in [1.82, 2.24) is 10.2 Å². The van der Waals surface area contributed by atoms with Gasteiger partial charge in [-0.15, -0.1) is 12.6 Å². The first-order valence-corrected chi connectivity index (χ1v) is 7.49. The van der Waals surface area contributed by atoms with Crippen LogP contribution in [0.4, 0.5) is 0 Å². The molecule has 4 heteroatoms. The molecule has 3 nitrogen and oxygen atoms in total. The molecule has 102 valence electrons. The molecule has 1 aromatic rings. The largest absolute Gasteiger partial charge is 0.361 e. The van der Waals surface area contributed by atoms with Gasteiger partial charge in [0.15, 0.2) is 0 Å². The van der Waals surface area contributed by atoms with Crippen LogP contribution in [-0.4, -0.2) is 23.0 Å². The van der Waals surface area contributed by atoms with Gasteiger partial charge in [0.05, 0.1) is 0 Å². The molecule has 0 bridgehead atoms. The Balaban J connectivity index is 1.78. The Hall–Kier alpha value is -1.13. The van der Waals surface area contributed by atoms with Crippen LogP contribution in [0.5, 0.6) is 0 Å². The Bertz CT molecular complexity index is 486. The summed E-state index contributed by atoms with van der Waals surface area (Å²) in [6, 6.07) is 9.31. The second-order valence-electron chi connectivity index (χ2n) is 5.29. The molecule has 0 saturated carbocycles. The lowest BCUT2D eigenvalue weighted by Crippen LogP contribution is -2.43. The van der Waals surface area contributed by atoms with Crippen molar-refractivity contribution in [3.8, 4) is 0 Å². The van der Waals surface area contributed by atoms with E-state index in [0.29, 0.717) is 12.6 Å². The molecule has 1 aliphatic heterocycles. The first kappa shape index (κ1) is 12.9. The average Bonchev–Trinajstić information content (AvgIpc) is 2.80. The number of nitrogens with zero attached hydrogens (tertiary/aromatic N) is 1. The minimum Gasteiger partial charge on any atom is -0.361 e. The molecule has 2 aliphatic rings. The second kappa shape index (κ2) is 5.47. The Morgan fingerprint density at radius 3 is 2.89 bits per heavy atom. The van der Waals surface area contributed by atoms with Crippen molar-refractivity contribution in [2.24, 2.45) is 5.73 Å². The summed E-state index contributed by atoms with van der Waals surface area (Å²) in [6.07, 6.45) is 6.45.